The van der Waals surface area contributed by atoms with Crippen LogP contribution in [0.2, 0.25) is 0 Å². The minimum absolute atomic E-state index is 1.07. The van der Waals surface area contributed by atoms with Crippen LogP contribution >= 0.6 is 0 Å². The number of nitrogens with zero attached hydrogens (tertiary/aromatic N) is 1. The largest absolute Gasteiger partial charge is 0.307 e. The van der Waals surface area contributed by atoms with E-state index in [4.69, 9.17) is 4.79 Å². The molecule has 1 aromatic carbocycles. The quantitative estimate of drug-likeness (QED) is 0.276. The van der Waals surface area contributed by atoms with Crippen molar-refractivity contribution < 1.29 is 4.79 Å². The van der Waals surface area contributed by atoms with Crippen molar-refractivity contribution >= 4 is 12.5 Å². The number of hydrogen-bond donors (Lipinski definition) is 1. The zero-order chi connectivity index (χ0) is 24.4. The zero-order valence-electron chi connectivity index (χ0n) is 21.2. The van der Waals surface area contributed by atoms with Crippen LogP contribution in [0.3, 0.4) is 0 Å². The molecule has 30 heavy (non-hydrogen) atoms. The van der Waals surface area contributed by atoms with E-state index in [0.29, 0.717) is 0 Å². The van der Waals surface area contributed by atoms with Gasteiger partial charge in [0.15, 0.2) is 0 Å². The fraction of sp³-hybridized carbons (Fsp3) is 0.444. The Balaban J connectivity index is -0.000000289. The summed E-state index contributed by atoms with van der Waals surface area (Å²) >= 11 is 0. The number of rotatable bonds is 7. The van der Waals surface area contributed by atoms with Gasteiger partial charge in [-0.2, -0.15) is 0 Å². The second kappa shape index (κ2) is 28.8. The molecule has 0 spiro atoms. The first kappa shape index (κ1) is 35.1. The van der Waals surface area contributed by atoms with Crippen LogP contribution in [-0.2, 0) is 4.79 Å². The number of hydrazine groups is 1. The molecule has 0 radical (unpaired) electrons. The van der Waals surface area contributed by atoms with Gasteiger partial charge in [0.2, 0.25) is 0 Å². The summed E-state index contributed by atoms with van der Waals surface area (Å²) in [4.78, 5) is 8.00. The topological polar surface area (TPSA) is 32.3 Å². The number of nitrogens with one attached hydrogen (secondary N) is 1. The maximum Gasteiger partial charge on any atom is 0.106 e. The Bertz CT molecular complexity index is 559. The van der Waals surface area contributed by atoms with Crippen molar-refractivity contribution in [3.63, 3.8) is 0 Å². The highest BCUT2D eigenvalue weighted by atomic mass is 16.1. The molecule has 0 atom stereocenters. The highest BCUT2D eigenvalue weighted by molar-refractivity contribution is 5.52. The Labute approximate surface area is 188 Å². The number of para-hydroxylation sites is 1. The molecule has 0 aliphatic carbocycles. The number of carbonyl (C=O) groups excluding carboxylic acids is 1. The van der Waals surface area contributed by atoms with Crippen molar-refractivity contribution in [1.29, 1.82) is 0 Å². The van der Waals surface area contributed by atoms with E-state index in [1.807, 2.05) is 58.9 Å². The van der Waals surface area contributed by atoms with E-state index < -0.39 is 0 Å². The highest BCUT2D eigenvalue weighted by Gasteiger charge is 2.07. The Morgan fingerprint density at radius 1 is 1.03 bits per heavy atom. The van der Waals surface area contributed by atoms with Crippen LogP contribution < -0.4 is 10.4 Å². The van der Waals surface area contributed by atoms with Crippen molar-refractivity contribution in [2.24, 2.45) is 0 Å². The molecule has 1 N–H and O–H groups in total. The van der Waals surface area contributed by atoms with Crippen molar-refractivity contribution in [1.82, 2.24) is 5.43 Å². The lowest BCUT2D eigenvalue weighted by atomic mass is 10.1. The van der Waals surface area contributed by atoms with Crippen LogP contribution in [0.5, 0.6) is 0 Å². The first-order chi connectivity index (χ1) is 14.5. The fourth-order valence-electron chi connectivity index (χ4n) is 2.15. The summed E-state index contributed by atoms with van der Waals surface area (Å²) in [5.74, 6) is 0. The smallest absolute Gasteiger partial charge is 0.106 e. The molecule has 0 aliphatic rings. The molecule has 0 bridgehead atoms. The third kappa shape index (κ3) is 18.9. The van der Waals surface area contributed by atoms with Crippen LogP contribution in [0.4, 0.5) is 5.69 Å². The van der Waals surface area contributed by atoms with Gasteiger partial charge in [-0.25, -0.2) is 5.43 Å². The van der Waals surface area contributed by atoms with E-state index >= 15 is 0 Å². The van der Waals surface area contributed by atoms with Crippen LogP contribution in [-0.4, -0.2) is 13.8 Å². The summed E-state index contributed by atoms with van der Waals surface area (Å²) in [6.07, 6.45) is 9.38. The number of benzene rings is 1. The Morgan fingerprint density at radius 2 is 1.47 bits per heavy atom. The van der Waals surface area contributed by atoms with Crippen molar-refractivity contribution in [2.45, 2.75) is 74.7 Å². The molecule has 0 amide bonds. The maximum absolute atomic E-state index is 8.00. The number of hydrogen-bond acceptors (Lipinski definition) is 3. The van der Waals surface area contributed by atoms with Gasteiger partial charge in [0.25, 0.3) is 0 Å². The van der Waals surface area contributed by atoms with E-state index in [-0.39, 0.29) is 0 Å². The molecular formula is C27H48N2O. The lowest BCUT2D eigenvalue weighted by molar-refractivity contribution is -0.0979. The molecule has 3 nitrogen and oxygen atoms in total. The van der Waals surface area contributed by atoms with Gasteiger partial charge in [-0.05, 0) is 50.5 Å². The molecule has 1 aromatic rings. The Morgan fingerprint density at radius 3 is 1.80 bits per heavy atom. The van der Waals surface area contributed by atoms with Gasteiger partial charge in [-0.1, -0.05) is 90.5 Å². The molecular weight excluding hydrogens is 368 g/mol. The minimum atomic E-state index is 1.07. The lowest BCUT2D eigenvalue weighted by Crippen LogP contribution is -2.33. The van der Waals surface area contributed by atoms with Crippen molar-refractivity contribution in [2.75, 3.05) is 12.1 Å². The molecule has 0 fully saturated rings. The van der Waals surface area contributed by atoms with Gasteiger partial charge in [0.05, 0.1) is 5.69 Å². The van der Waals surface area contributed by atoms with Crippen molar-refractivity contribution in [3.8, 4) is 0 Å². The first-order valence-electron chi connectivity index (χ1n) is 10.9. The van der Waals surface area contributed by atoms with Gasteiger partial charge in [-0.15, -0.1) is 6.58 Å². The SMILES string of the molecule is C=C/C(=C\C(C)=C(/C)N(NC)c1ccccc1)CCC.C=CC.C=O.CC.CCC. The summed E-state index contributed by atoms with van der Waals surface area (Å²) in [5, 5.41) is 2.10. The zero-order valence-corrected chi connectivity index (χ0v) is 21.2. The fourth-order valence-corrected chi connectivity index (χ4v) is 2.15. The van der Waals surface area contributed by atoms with Gasteiger partial charge in [-0.3, -0.25) is 5.01 Å². The average molecular weight is 417 g/mol. The number of anilines is 1. The van der Waals surface area contributed by atoms with E-state index in [0.717, 1.165) is 18.5 Å². The molecule has 172 valence electrons. The summed E-state index contributed by atoms with van der Waals surface area (Å²) < 4.78 is 0. The average Bonchev–Trinajstić information content (AvgIpc) is 2.78. The Hall–Kier alpha value is -2.39. The van der Waals surface area contributed by atoms with Gasteiger partial charge in [0, 0.05) is 12.7 Å². The molecule has 3 heteroatoms. The molecule has 0 heterocycles. The normalized spacial score (nSPS) is 9.97. The lowest BCUT2D eigenvalue weighted by Gasteiger charge is -2.25. The third-order valence-corrected chi connectivity index (χ3v) is 3.35. The highest BCUT2D eigenvalue weighted by Crippen LogP contribution is 2.20. The Kier molecular flexibility index (Phi) is 33.7. The molecule has 0 aromatic heterocycles. The molecule has 0 saturated heterocycles. The van der Waals surface area contributed by atoms with E-state index in [2.05, 4.69) is 76.4 Å². The second-order valence-electron chi connectivity index (χ2n) is 5.95. The minimum Gasteiger partial charge on any atom is -0.307 e. The monoisotopic (exact) mass is 416 g/mol. The number of carbonyl (C=O) groups is 1. The van der Waals surface area contributed by atoms with Crippen LogP contribution in [0.25, 0.3) is 0 Å². The molecule has 1 rings (SSSR count). The summed E-state index contributed by atoms with van der Waals surface area (Å²) in [5.41, 5.74) is 8.09. The predicted octanol–water partition coefficient (Wildman–Crippen LogP) is 8.28. The van der Waals surface area contributed by atoms with E-state index in [1.54, 1.807) is 6.08 Å². The first-order valence-corrected chi connectivity index (χ1v) is 10.9. The van der Waals surface area contributed by atoms with Gasteiger partial charge < -0.3 is 4.79 Å². The van der Waals surface area contributed by atoms with Crippen LogP contribution in [0.1, 0.15) is 74.7 Å². The summed E-state index contributed by atoms with van der Waals surface area (Å²) in [7, 11) is 1.94. The van der Waals surface area contributed by atoms with E-state index in [1.165, 1.54) is 23.3 Å². The van der Waals surface area contributed by atoms with E-state index in [9.17, 15) is 0 Å². The van der Waals surface area contributed by atoms with Crippen LogP contribution in [0.15, 0.2) is 78.6 Å². The molecule has 0 unspecified atom stereocenters. The molecule has 0 saturated carbocycles. The van der Waals surface area contributed by atoms with Gasteiger partial charge >= 0.3 is 0 Å². The maximum atomic E-state index is 8.00. The molecule has 0 aliphatic heterocycles. The summed E-state index contributed by atoms with van der Waals surface area (Å²) in [6.45, 7) is 25.9. The second-order valence-corrected chi connectivity index (χ2v) is 5.95. The standard InChI is InChI=1S/C18H26N2.C3H8.C3H6.C2H6.CH2O/c1-6-11-17(7-2)14-15(3)16(4)20(19-5)18-12-9-8-10-13-18;2*1-3-2;2*1-2/h7-10,12-14,19H,2,6,11H2,1,3-5H3;3H2,1-2H3;3H,1H2,2H3;1-2H3;1H2/b16-15+,17-14+;;;;. The number of allylic oxidation sites excluding steroid dienone is 6. The third-order valence-electron chi connectivity index (χ3n) is 3.35. The van der Waals surface area contributed by atoms with Crippen molar-refractivity contribution in [3.05, 3.63) is 78.6 Å². The summed E-state index contributed by atoms with van der Waals surface area (Å²) in [6, 6.07) is 10.3. The van der Waals surface area contributed by atoms with Gasteiger partial charge in [0.1, 0.15) is 6.79 Å². The predicted molar refractivity (Wildman–Crippen MR) is 140 cm³/mol. The van der Waals surface area contributed by atoms with Crippen LogP contribution in [0, 0.1) is 0 Å².